The second kappa shape index (κ2) is 7.88. The molecule has 1 aliphatic heterocycles. The summed E-state index contributed by atoms with van der Waals surface area (Å²) in [6, 6.07) is 4.79. The first-order valence-electron chi connectivity index (χ1n) is 9.09. The van der Waals surface area contributed by atoms with Crippen molar-refractivity contribution in [3.63, 3.8) is 0 Å². The molecule has 0 unspecified atom stereocenters. The molecule has 7 heteroatoms. The molecule has 0 aromatic heterocycles. The second-order valence-electron chi connectivity index (χ2n) is 7.28. The highest BCUT2D eigenvalue weighted by Crippen LogP contribution is 2.40. The quantitative estimate of drug-likeness (QED) is 0.412. The van der Waals surface area contributed by atoms with Crippen LogP contribution in [-0.2, 0) is 20.3 Å². The van der Waals surface area contributed by atoms with E-state index in [1.54, 1.807) is 12.1 Å². The van der Waals surface area contributed by atoms with Gasteiger partial charge in [-0.05, 0) is 45.7 Å². The molecule has 26 heavy (non-hydrogen) atoms. The predicted octanol–water partition coefficient (Wildman–Crippen LogP) is 3.03. The lowest BCUT2D eigenvalue weighted by Gasteiger charge is -2.15. The third-order valence-corrected chi connectivity index (χ3v) is 6.05. The van der Waals surface area contributed by atoms with Crippen molar-refractivity contribution in [3.05, 3.63) is 23.8 Å². The number of rotatable bonds is 8. The van der Waals surface area contributed by atoms with E-state index >= 15 is 0 Å². The summed E-state index contributed by atoms with van der Waals surface area (Å²) in [5, 5.41) is 2.80. The summed E-state index contributed by atoms with van der Waals surface area (Å²) < 4.78 is 34.5. The number of nitrogens with one attached hydrogen (secondary N) is 1. The normalized spacial score (nSPS) is 15.9. The Hall–Kier alpha value is -1.73. The van der Waals surface area contributed by atoms with E-state index in [4.69, 9.17) is 0 Å². The van der Waals surface area contributed by atoms with Crippen LogP contribution < -0.4 is 5.32 Å². The fraction of sp³-hybridized carbons (Fsp3) is 0.579. The molecule has 0 fully saturated rings. The third-order valence-electron chi connectivity index (χ3n) is 5.20. The average Bonchev–Trinajstić information content (AvgIpc) is 2.74. The number of fused-ring (bicyclic) bond motifs is 1. The zero-order chi connectivity index (χ0) is 19.5. The SMILES string of the molecule is CCNC(=O)CCCCC[N+]1=C(C)C(C)(C)c2cc(S(=O)(=O)O)ccc21. The molecular weight excluding hydrogens is 352 g/mol. The van der Waals surface area contributed by atoms with Crippen molar-refractivity contribution in [2.75, 3.05) is 13.1 Å². The molecule has 0 saturated carbocycles. The van der Waals surface area contributed by atoms with E-state index < -0.39 is 10.1 Å². The van der Waals surface area contributed by atoms with E-state index in [-0.39, 0.29) is 16.2 Å². The predicted molar refractivity (Wildman–Crippen MR) is 102 cm³/mol. The van der Waals surface area contributed by atoms with Crippen LogP contribution in [-0.4, -0.2) is 42.3 Å². The van der Waals surface area contributed by atoms with Crippen molar-refractivity contribution in [2.24, 2.45) is 0 Å². The van der Waals surface area contributed by atoms with Gasteiger partial charge in [0.25, 0.3) is 10.1 Å². The lowest BCUT2D eigenvalue weighted by Crippen LogP contribution is -2.26. The van der Waals surface area contributed by atoms with Crippen LogP contribution in [0.15, 0.2) is 23.1 Å². The molecule has 0 bridgehead atoms. The standard InChI is InChI=1S/C19H28N2O4S/c1-5-20-18(22)9-7-6-8-12-21-14(2)19(3,4)16-13-15(26(23,24)25)10-11-17(16)21/h10-11,13H,5-9,12H2,1-4H3,(H-,20,22,23,24,25)/p+1. The molecule has 6 nitrogen and oxygen atoms in total. The molecule has 0 atom stereocenters. The Bertz CT molecular complexity index is 826. The molecule has 2 rings (SSSR count). The fourth-order valence-electron chi connectivity index (χ4n) is 3.43. The van der Waals surface area contributed by atoms with Gasteiger partial charge in [0.15, 0.2) is 5.71 Å². The van der Waals surface area contributed by atoms with Gasteiger partial charge in [0, 0.05) is 37.9 Å². The summed E-state index contributed by atoms with van der Waals surface area (Å²) in [4.78, 5) is 11.4. The molecule has 1 amide bonds. The molecule has 0 radical (unpaired) electrons. The van der Waals surface area contributed by atoms with E-state index in [1.165, 1.54) is 6.07 Å². The Morgan fingerprint density at radius 2 is 1.92 bits per heavy atom. The van der Waals surface area contributed by atoms with Crippen molar-refractivity contribution in [2.45, 2.75) is 63.7 Å². The van der Waals surface area contributed by atoms with Crippen LogP contribution in [0.1, 0.15) is 58.9 Å². The van der Waals surface area contributed by atoms with Gasteiger partial charge < -0.3 is 5.32 Å². The van der Waals surface area contributed by atoms with Gasteiger partial charge in [-0.25, -0.2) is 0 Å². The Morgan fingerprint density at radius 1 is 1.23 bits per heavy atom. The molecule has 0 spiro atoms. The van der Waals surface area contributed by atoms with Crippen molar-refractivity contribution in [1.82, 2.24) is 5.32 Å². The summed E-state index contributed by atoms with van der Waals surface area (Å²) in [5.74, 6) is 0.0978. The van der Waals surface area contributed by atoms with Crippen molar-refractivity contribution in [1.29, 1.82) is 0 Å². The Kier molecular flexibility index (Phi) is 6.24. The summed E-state index contributed by atoms with van der Waals surface area (Å²) in [5.41, 5.74) is 2.76. The van der Waals surface area contributed by atoms with Crippen molar-refractivity contribution >= 4 is 27.4 Å². The number of benzene rings is 1. The van der Waals surface area contributed by atoms with Gasteiger partial charge >= 0.3 is 0 Å². The Balaban J connectivity index is 2.09. The molecule has 1 aromatic carbocycles. The average molecular weight is 382 g/mol. The van der Waals surface area contributed by atoms with Gasteiger partial charge in [0.05, 0.1) is 10.3 Å². The highest BCUT2D eigenvalue weighted by atomic mass is 32.2. The van der Waals surface area contributed by atoms with E-state index in [2.05, 4.69) is 30.7 Å². The third kappa shape index (κ3) is 4.32. The minimum Gasteiger partial charge on any atom is -0.356 e. The minimum absolute atomic E-state index is 0.0686. The summed E-state index contributed by atoms with van der Waals surface area (Å²) in [6.07, 6.45) is 3.32. The summed E-state index contributed by atoms with van der Waals surface area (Å²) >= 11 is 0. The van der Waals surface area contributed by atoms with Crippen molar-refractivity contribution < 1.29 is 22.3 Å². The first-order valence-corrected chi connectivity index (χ1v) is 10.5. The first-order chi connectivity index (χ1) is 12.1. The van der Waals surface area contributed by atoms with E-state index in [9.17, 15) is 17.8 Å². The zero-order valence-electron chi connectivity index (χ0n) is 16.0. The molecule has 0 saturated heterocycles. The Morgan fingerprint density at radius 3 is 2.54 bits per heavy atom. The van der Waals surface area contributed by atoms with E-state index in [0.717, 1.165) is 42.8 Å². The number of unbranched alkanes of at least 4 members (excludes halogenated alkanes) is 2. The maximum absolute atomic E-state index is 11.5. The van der Waals surface area contributed by atoms with Crippen LogP contribution in [0.5, 0.6) is 0 Å². The number of hydrogen-bond donors (Lipinski definition) is 2. The van der Waals surface area contributed by atoms with Crippen LogP contribution in [0.2, 0.25) is 0 Å². The zero-order valence-corrected chi connectivity index (χ0v) is 16.8. The van der Waals surface area contributed by atoms with Gasteiger partial charge in [0.2, 0.25) is 11.6 Å². The smallest absolute Gasteiger partial charge is 0.294 e. The number of carbonyl (C=O) groups excluding carboxylic acids is 1. The summed E-state index contributed by atoms with van der Waals surface area (Å²) in [7, 11) is -4.21. The number of carbonyl (C=O) groups is 1. The van der Waals surface area contributed by atoms with Crippen LogP contribution >= 0.6 is 0 Å². The van der Waals surface area contributed by atoms with Crippen LogP contribution in [0, 0.1) is 0 Å². The lowest BCUT2D eigenvalue weighted by atomic mass is 9.82. The molecular formula is C19H29N2O4S+. The number of nitrogens with zero attached hydrogens (tertiary/aromatic N) is 1. The fourth-order valence-corrected chi connectivity index (χ4v) is 3.94. The number of hydrogen-bond acceptors (Lipinski definition) is 3. The van der Waals surface area contributed by atoms with E-state index in [1.807, 2.05) is 6.92 Å². The highest BCUT2D eigenvalue weighted by Gasteiger charge is 2.43. The molecule has 1 heterocycles. The number of amides is 1. The van der Waals surface area contributed by atoms with Gasteiger partial charge in [-0.2, -0.15) is 13.0 Å². The topological polar surface area (TPSA) is 86.5 Å². The second-order valence-corrected chi connectivity index (χ2v) is 8.70. The molecule has 2 N–H and O–H groups in total. The first kappa shape index (κ1) is 20.6. The molecule has 1 aromatic rings. The van der Waals surface area contributed by atoms with Crippen LogP contribution in [0.25, 0.3) is 0 Å². The largest absolute Gasteiger partial charge is 0.356 e. The van der Waals surface area contributed by atoms with Gasteiger partial charge in [0.1, 0.15) is 6.54 Å². The van der Waals surface area contributed by atoms with Gasteiger partial charge in [-0.1, -0.05) is 0 Å². The van der Waals surface area contributed by atoms with Gasteiger partial charge in [-0.3, -0.25) is 9.35 Å². The highest BCUT2D eigenvalue weighted by molar-refractivity contribution is 7.85. The minimum atomic E-state index is -4.21. The van der Waals surface area contributed by atoms with Gasteiger partial charge in [-0.15, -0.1) is 0 Å². The van der Waals surface area contributed by atoms with Crippen LogP contribution in [0.3, 0.4) is 0 Å². The Labute approximate surface area is 156 Å². The van der Waals surface area contributed by atoms with E-state index in [0.29, 0.717) is 13.0 Å². The lowest BCUT2D eigenvalue weighted by molar-refractivity contribution is -0.439. The molecule has 144 valence electrons. The van der Waals surface area contributed by atoms with Crippen LogP contribution in [0.4, 0.5) is 5.69 Å². The summed E-state index contributed by atoms with van der Waals surface area (Å²) in [6.45, 7) is 9.58. The maximum Gasteiger partial charge on any atom is 0.294 e. The molecule has 0 aliphatic carbocycles. The monoisotopic (exact) mass is 381 g/mol. The molecule has 1 aliphatic rings. The van der Waals surface area contributed by atoms with Crippen molar-refractivity contribution in [3.8, 4) is 0 Å². The maximum atomic E-state index is 11.5.